The molecule has 1 unspecified atom stereocenters. The molecule has 1 aliphatic rings. The van der Waals surface area contributed by atoms with E-state index >= 15 is 0 Å². The number of hydrogen-bond donors (Lipinski definition) is 0. The molecule has 0 aliphatic heterocycles. The van der Waals surface area contributed by atoms with Crippen LogP contribution in [0.5, 0.6) is 5.75 Å². The summed E-state index contributed by atoms with van der Waals surface area (Å²) in [6.45, 7) is 1.94. The summed E-state index contributed by atoms with van der Waals surface area (Å²) >= 11 is 0. The number of ether oxygens (including phenoxy) is 2. The molecule has 0 spiro atoms. The monoisotopic (exact) mass is 262 g/mol. The first-order chi connectivity index (χ1) is 9.17. The van der Waals surface area contributed by atoms with Crippen LogP contribution in [0.2, 0.25) is 0 Å². The van der Waals surface area contributed by atoms with E-state index in [9.17, 15) is 4.79 Å². The van der Waals surface area contributed by atoms with Gasteiger partial charge in [0.2, 0.25) is 0 Å². The van der Waals surface area contributed by atoms with Crippen molar-refractivity contribution in [1.82, 2.24) is 0 Å². The molecular formula is C16H22O3. The first-order valence-electron chi connectivity index (χ1n) is 7.00. The molecule has 0 radical (unpaired) electrons. The predicted octanol–water partition coefficient (Wildman–Crippen LogP) is 3.36. The van der Waals surface area contributed by atoms with Crippen LogP contribution < -0.4 is 4.74 Å². The minimum absolute atomic E-state index is 0.0621. The summed E-state index contributed by atoms with van der Waals surface area (Å²) in [4.78, 5) is 11.6. The van der Waals surface area contributed by atoms with E-state index in [1.807, 2.05) is 31.2 Å². The maximum Gasteiger partial charge on any atom is 0.306 e. The Labute approximate surface area is 114 Å². The predicted molar refractivity (Wildman–Crippen MR) is 74.2 cm³/mol. The molecule has 19 heavy (non-hydrogen) atoms. The van der Waals surface area contributed by atoms with Crippen molar-refractivity contribution in [2.24, 2.45) is 5.92 Å². The highest BCUT2D eigenvalue weighted by molar-refractivity contribution is 5.69. The van der Waals surface area contributed by atoms with Gasteiger partial charge in [-0.3, -0.25) is 4.79 Å². The number of benzene rings is 1. The Morgan fingerprint density at radius 2 is 2.00 bits per heavy atom. The van der Waals surface area contributed by atoms with E-state index in [0.29, 0.717) is 6.42 Å². The van der Waals surface area contributed by atoms with E-state index in [2.05, 4.69) is 0 Å². The van der Waals surface area contributed by atoms with Crippen molar-refractivity contribution in [3.63, 3.8) is 0 Å². The van der Waals surface area contributed by atoms with Crippen LogP contribution in [0.4, 0.5) is 0 Å². The lowest BCUT2D eigenvalue weighted by atomic mass is 10.1. The third kappa shape index (κ3) is 4.93. The summed E-state index contributed by atoms with van der Waals surface area (Å²) in [6.07, 6.45) is 4.81. The van der Waals surface area contributed by atoms with Crippen LogP contribution in [-0.4, -0.2) is 19.2 Å². The van der Waals surface area contributed by atoms with Crippen molar-refractivity contribution in [1.29, 1.82) is 0 Å². The van der Waals surface area contributed by atoms with Crippen molar-refractivity contribution < 1.29 is 14.3 Å². The summed E-state index contributed by atoms with van der Waals surface area (Å²) < 4.78 is 10.5. The zero-order valence-corrected chi connectivity index (χ0v) is 11.7. The largest absolute Gasteiger partial charge is 0.497 e. The Balaban J connectivity index is 1.72. The second-order valence-corrected chi connectivity index (χ2v) is 5.33. The first kappa shape index (κ1) is 13.9. The molecule has 0 N–H and O–H groups in total. The van der Waals surface area contributed by atoms with Crippen LogP contribution >= 0.6 is 0 Å². The Kier molecular flexibility index (Phi) is 4.83. The van der Waals surface area contributed by atoms with Crippen LogP contribution in [0.3, 0.4) is 0 Å². The van der Waals surface area contributed by atoms with Crippen molar-refractivity contribution in [3.05, 3.63) is 29.8 Å². The number of esters is 1. The van der Waals surface area contributed by atoms with Gasteiger partial charge >= 0.3 is 5.97 Å². The molecule has 1 aromatic carbocycles. The lowest BCUT2D eigenvalue weighted by Crippen LogP contribution is -2.17. The van der Waals surface area contributed by atoms with E-state index < -0.39 is 0 Å². The van der Waals surface area contributed by atoms with Gasteiger partial charge in [-0.25, -0.2) is 0 Å². The van der Waals surface area contributed by atoms with Gasteiger partial charge in [-0.05, 0) is 37.0 Å². The molecular weight excluding hydrogens is 240 g/mol. The minimum atomic E-state index is -0.0694. The SMILES string of the molecule is COc1ccc(CC(C)OC(=O)CCC2CC2)cc1. The lowest BCUT2D eigenvalue weighted by Gasteiger charge is -2.13. The molecule has 1 aliphatic carbocycles. The lowest BCUT2D eigenvalue weighted by molar-refractivity contribution is -0.148. The first-order valence-corrected chi connectivity index (χ1v) is 7.00. The summed E-state index contributed by atoms with van der Waals surface area (Å²) in [5.41, 5.74) is 1.16. The molecule has 3 nitrogen and oxygen atoms in total. The zero-order valence-electron chi connectivity index (χ0n) is 11.7. The van der Waals surface area contributed by atoms with Crippen molar-refractivity contribution >= 4 is 5.97 Å². The molecule has 2 rings (SSSR count). The fourth-order valence-electron chi connectivity index (χ4n) is 2.15. The van der Waals surface area contributed by atoms with Gasteiger partial charge in [-0.2, -0.15) is 0 Å². The Morgan fingerprint density at radius 3 is 2.58 bits per heavy atom. The van der Waals surface area contributed by atoms with Gasteiger partial charge in [-0.15, -0.1) is 0 Å². The molecule has 104 valence electrons. The summed E-state index contributed by atoms with van der Waals surface area (Å²) in [7, 11) is 1.65. The molecule has 0 heterocycles. The number of hydrogen-bond acceptors (Lipinski definition) is 3. The highest BCUT2D eigenvalue weighted by atomic mass is 16.5. The second kappa shape index (κ2) is 6.60. The third-order valence-electron chi connectivity index (χ3n) is 3.47. The van der Waals surface area contributed by atoms with Crippen LogP contribution in [0.15, 0.2) is 24.3 Å². The van der Waals surface area contributed by atoms with E-state index in [1.165, 1.54) is 12.8 Å². The number of methoxy groups -OCH3 is 1. The third-order valence-corrected chi connectivity index (χ3v) is 3.47. The standard InChI is InChI=1S/C16H22O3/c1-12(19-16(17)10-7-13-3-4-13)11-14-5-8-15(18-2)9-6-14/h5-6,8-9,12-13H,3-4,7,10-11H2,1-2H3. The molecule has 0 aromatic heterocycles. The molecule has 1 fully saturated rings. The Morgan fingerprint density at radius 1 is 1.32 bits per heavy atom. The van der Waals surface area contributed by atoms with Gasteiger partial charge in [0.1, 0.15) is 11.9 Å². The van der Waals surface area contributed by atoms with Crippen LogP contribution in [0.25, 0.3) is 0 Å². The summed E-state index contributed by atoms with van der Waals surface area (Å²) in [5.74, 6) is 1.56. The van der Waals surface area contributed by atoms with Crippen molar-refractivity contribution in [3.8, 4) is 5.75 Å². The van der Waals surface area contributed by atoms with Gasteiger partial charge in [0.25, 0.3) is 0 Å². The highest BCUT2D eigenvalue weighted by Gasteiger charge is 2.22. The Hall–Kier alpha value is -1.51. The van der Waals surface area contributed by atoms with Gasteiger partial charge < -0.3 is 9.47 Å². The van der Waals surface area contributed by atoms with E-state index in [-0.39, 0.29) is 12.1 Å². The van der Waals surface area contributed by atoms with E-state index in [1.54, 1.807) is 7.11 Å². The van der Waals surface area contributed by atoms with Crippen molar-refractivity contribution in [2.75, 3.05) is 7.11 Å². The van der Waals surface area contributed by atoms with Crippen molar-refractivity contribution in [2.45, 2.75) is 45.1 Å². The Bertz CT molecular complexity index is 407. The quantitative estimate of drug-likeness (QED) is 0.707. The molecule has 1 aromatic rings. The fraction of sp³-hybridized carbons (Fsp3) is 0.562. The molecule has 1 atom stereocenters. The smallest absolute Gasteiger partial charge is 0.306 e. The number of carbonyl (C=O) groups is 1. The highest BCUT2D eigenvalue weighted by Crippen LogP contribution is 2.33. The zero-order chi connectivity index (χ0) is 13.7. The average molecular weight is 262 g/mol. The van der Waals surface area contributed by atoms with E-state index in [0.717, 1.165) is 30.1 Å². The van der Waals surface area contributed by atoms with E-state index in [4.69, 9.17) is 9.47 Å². The summed E-state index contributed by atoms with van der Waals surface area (Å²) in [5, 5.41) is 0. The molecule has 0 amide bonds. The molecule has 1 saturated carbocycles. The minimum Gasteiger partial charge on any atom is -0.497 e. The van der Waals surface area contributed by atoms with Crippen LogP contribution in [-0.2, 0) is 16.0 Å². The maximum atomic E-state index is 11.6. The number of rotatable bonds is 7. The number of carbonyl (C=O) groups excluding carboxylic acids is 1. The van der Waals surface area contributed by atoms with Crippen LogP contribution in [0, 0.1) is 5.92 Å². The maximum absolute atomic E-state index is 11.6. The fourth-order valence-corrected chi connectivity index (χ4v) is 2.15. The second-order valence-electron chi connectivity index (χ2n) is 5.33. The molecule has 3 heteroatoms. The average Bonchev–Trinajstić information content (AvgIpc) is 3.21. The van der Waals surface area contributed by atoms with Gasteiger partial charge in [0.05, 0.1) is 7.11 Å². The molecule has 0 bridgehead atoms. The van der Waals surface area contributed by atoms with Gasteiger partial charge in [-0.1, -0.05) is 25.0 Å². The van der Waals surface area contributed by atoms with Crippen LogP contribution in [0.1, 0.15) is 38.2 Å². The summed E-state index contributed by atoms with van der Waals surface area (Å²) in [6, 6.07) is 7.87. The molecule has 0 saturated heterocycles. The topological polar surface area (TPSA) is 35.5 Å². The van der Waals surface area contributed by atoms with Gasteiger partial charge in [0, 0.05) is 12.8 Å². The normalized spacial score (nSPS) is 15.9. The van der Waals surface area contributed by atoms with Gasteiger partial charge in [0.15, 0.2) is 0 Å².